The monoisotopic (exact) mass is 307 g/mol. The Morgan fingerprint density at radius 1 is 1.36 bits per heavy atom. The zero-order chi connectivity index (χ0) is 16.4. The predicted octanol–water partition coefficient (Wildman–Crippen LogP) is 1.64. The number of ether oxygens (including phenoxy) is 1. The number of carboxylic acids is 1. The standard InChI is InChI=1S/C15H21N3O4/c1-14(2,3)22-13(21)17-15(12(19)20)6-9-18(10-15)11-4-7-16-8-5-11/h4-5,7-8H,6,9-10H2,1-3H3,(H,17,21)(H,19,20). The molecule has 1 aliphatic heterocycles. The molecule has 0 saturated carbocycles. The topological polar surface area (TPSA) is 91.8 Å². The van der Waals surface area contributed by atoms with Crippen LogP contribution in [0, 0.1) is 0 Å². The Balaban J connectivity index is 2.11. The van der Waals surface area contributed by atoms with Gasteiger partial charge in [-0.15, -0.1) is 0 Å². The highest BCUT2D eigenvalue weighted by Gasteiger charge is 2.47. The van der Waals surface area contributed by atoms with Gasteiger partial charge < -0.3 is 20.1 Å². The Morgan fingerprint density at radius 2 is 2.00 bits per heavy atom. The molecule has 1 aromatic rings. The molecule has 120 valence electrons. The van der Waals surface area contributed by atoms with Crippen LogP contribution in [0.2, 0.25) is 0 Å². The van der Waals surface area contributed by atoms with Crippen molar-refractivity contribution in [2.24, 2.45) is 0 Å². The van der Waals surface area contributed by atoms with Gasteiger partial charge >= 0.3 is 12.1 Å². The summed E-state index contributed by atoms with van der Waals surface area (Å²) in [5.41, 5.74) is -1.14. The fraction of sp³-hybridized carbons (Fsp3) is 0.533. The number of carbonyl (C=O) groups excluding carboxylic acids is 1. The lowest BCUT2D eigenvalue weighted by Gasteiger charge is -2.28. The van der Waals surface area contributed by atoms with Crippen LogP contribution in [0.15, 0.2) is 24.5 Å². The zero-order valence-corrected chi connectivity index (χ0v) is 13.0. The fourth-order valence-electron chi connectivity index (χ4n) is 2.41. The average Bonchev–Trinajstić information content (AvgIpc) is 2.83. The molecule has 0 aromatic carbocycles. The van der Waals surface area contributed by atoms with E-state index in [2.05, 4.69) is 10.3 Å². The number of hydrogen-bond donors (Lipinski definition) is 2. The SMILES string of the molecule is CC(C)(C)OC(=O)NC1(C(=O)O)CCN(c2ccncc2)C1. The van der Waals surface area contributed by atoms with Crippen molar-refractivity contribution in [1.29, 1.82) is 0 Å². The summed E-state index contributed by atoms with van der Waals surface area (Å²) in [4.78, 5) is 29.5. The summed E-state index contributed by atoms with van der Waals surface area (Å²) in [5.74, 6) is -1.06. The van der Waals surface area contributed by atoms with Crippen LogP contribution < -0.4 is 10.2 Å². The largest absolute Gasteiger partial charge is 0.479 e. The van der Waals surface area contributed by atoms with Gasteiger partial charge in [0.05, 0.1) is 6.54 Å². The lowest BCUT2D eigenvalue weighted by atomic mass is 9.99. The van der Waals surface area contributed by atoms with Crippen LogP contribution in [-0.4, -0.2) is 46.4 Å². The summed E-state index contributed by atoms with van der Waals surface area (Å²) in [6.45, 7) is 5.92. The van der Waals surface area contributed by atoms with Gasteiger partial charge in [-0.1, -0.05) is 0 Å². The molecule has 2 N–H and O–H groups in total. The van der Waals surface area contributed by atoms with Gasteiger partial charge in [0, 0.05) is 31.0 Å². The van der Waals surface area contributed by atoms with Crippen molar-refractivity contribution in [3.05, 3.63) is 24.5 Å². The maximum absolute atomic E-state index is 11.9. The molecule has 0 spiro atoms. The second-order valence-electron chi connectivity index (χ2n) is 6.39. The number of carboxylic acid groups (broad SMARTS) is 1. The van der Waals surface area contributed by atoms with Gasteiger partial charge in [0.25, 0.3) is 0 Å². The molecule has 22 heavy (non-hydrogen) atoms. The molecule has 2 heterocycles. The van der Waals surface area contributed by atoms with Gasteiger partial charge in [-0.25, -0.2) is 9.59 Å². The van der Waals surface area contributed by atoms with E-state index in [-0.39, 0.29) is 6.54 Å². The molecule has 1 unspecified atom stereocenters. The van der Waals surface area contributed by atoms with Gasteiger partial charge in [0.1, 0.15) is 5.60 Å². The second kappa shape index (κ2) is 5.82. The number of nitrogens with zero attached hydrogens (tertiary/aromatic N) is 2. The van der Waals surface area contributed by atoms with Crippen LogP contribution in [0.5, 0.6) is 0 Å². The maximum Gasteiger partial charge on any atom is 0.408 e. The zero-order valence-electron chi connectivity index (χ0n) is 13.0. The molecule has 1 aromatic heterocycles. The average molecular weight is 307 g/mol. The molecule has 2 rings (SSSR count). The second-order valence-corrected chi connectivity index (χ2v) is 6.39. The van der Waals surface area contributed by atoms with Crippen molar-refractivity contribution in [3.63, 3.8) is 0 Å². The van der Waals surface area contributed by atoms with Crippen molar-refractivity contribution in [2.45, 2.75) is 38.3 Å². The molecule has 1 amide bonds. The molecular formula is C15H21N3O4. The van der Waals surface area contributed by atoms with E-state index in [0.29, 0.717) is 13.0 Å². The number of carbonyl (C=O) groups is 2. The first-order valence-corrected chi connectivity index (χ1v) is 7.11. The minimum absolute atomic E-state index is 0.186. The summed E-state index contributed by atoms with van der Waals surface area (Å²) in [5, 5.41) is 12.1. The van der Waals surface area contributed by atoms with Crippen molar-refractivity contribution in [2.75, 3.05) is 18.0 Å². The smallest absolute Gasteiger partial charge is 0.408 e. The van der Waals surface area contributed by atoms with Crippen LogP contribution in [0.25, 0.3) is 0 Å². The van der Waals surface area contributed by atoms with E-state index >= 15 is 0 Å². The summed E-state index contributed by atoms with van der Waals surface area (Å²) < 4.78 is 5.17. The van der Waals surface area contributed by atoms with Crippen LogP contribution in [0.1, 0.15) is 27.2 Å². The van der Waals surface area contributed by atoms with Crippen molar-refractivity contribution in [3.8, 4) is 0 Å². The Kier molecular flexibility index (Phi) is 4.25. The van der Waals surface area contributed by atoms with Crippen LogP contribution in [-0.2, 0) is 9.53 Å². The third-order valence-corrected chi connectivity index (χ3v) is 3.45. The van der Waals surface area contributed by atoms with E-state index in [1.807, 2.05) is 17.0 Å². The van der Waals surface area contributed by atoms with Gasteiger partial charge in [0.15, 0.2) is 5.54 Å². The molecule has 0 bridgehead atoms. The van der Waals surface area contributed by atoms with Crippen molar-refractivity contribution >= 4 is 17.7 Å². The fourth-order valence-corrected chi connectivity index (χ4v) is 2.41. The lowest BCUT2D eigenvalue weighted by molar-refractivity contribution is -0.143. The Hall–Kier alpha value is -2.31. The normalized spacial score (nSPS) is 21.5. The summed E-state index contributed by atoms with van der Waals surface area (Å²) in [6.07, 6.45) is 2.89. The van der Waals surface area contributed by atoms with Crippen molar-refractivity contribution in [1.82, 2.24) is 10.3 Å². The Labute approximate surface area is 129 Å². The Bertz CT molecular complexity index is 556. The van der Waals surface area contributed by atoms with Gasteiger partial charge in [-0.05, 0) is 32.9 Å². The first kappa shape index (κ1) is 16.1. The van der Waals surface area contributed by atoms with E-state index in [9.17, 15) is 14.7 Å². The highest BCUT2D eigenvalue weighted by atomic mass is 16.6. The number of alkyl carbamates (subject to hydrolysis) is 1. The van der Waals surface area contributed by atoms with E-state index < -0.39 is 23.2 Å². The lowest BCUT2D eigenvalue weighted by Crippen LogP contribution is -2.57. The predicted molar refractivity (Wildman–Crippen MR) is 80.8 cm³/mol. The van der Waals surface area contributed by atoms with E-state index in [4.69, 9.17) is 4.74 Å². The number of nitrogens with one attached hydrogen (secondary N) is 1. The number of aromatic nitrogens is 1. The van der Waals surface area contributed by atoms with Crippen LogP contribution in [0.4, 0.5) is 10.5 Å². The number of hydrogen-bond acceptors (Lipinski definition) is 5. The summed E-state index contributed by atoms with van der Waals surface area (Å²) >= 11 is 0. The number of aliphatic carboxylic acids is 1. The molecule has 0 aliphatic carbocycles. The molecule has 1 saturated heterocycles. The minimum Gasteiger partial charge on any atom is -0.479 e. The molecule has 1 atom stereocenters. The van der Waals surface area contributed by atoms with E-state index in [1.165, 1.54) is 0 Å². The molecule has 1 fully saturated rings. The number of rotatable bonds is 3. The maximum atomic E-state index is 11.9. The summed E-state index contributed by atoms with van der Waals surface area (Å²) in [6, 6.07) is 3.62. The van der Waals surface area contributed by atoms with Gasteiger partial charge in [0.2, 0.25) is 0 Å². The van der Waals surface area contributed by atoms with E-state index in [1.54, 1.807) is 33.2 Å². The molecule has 7 nitrogen and oxygen atoms in total. The molecule has 0 radical (unpaired) electrons. The molecular weight excluding hydrogens is 286 g/mol. The Morgan fingerprint density at radius 3 is 2.55 bits per heavy atom. The number of anilines is 1. The highest BCUT2D eigenvalue weighted by Crippen LogP contribution is 2.27. The first-order chi connectivity index (χ1) is 10.2. The van der Waals surface area contributed by atoms with Crippen LogP contribution in [0.3, 0.4) is 0 Å². The summed E-state index contributed by atoms with van der Waals surface area (Å²) in [7, 11) is 0. The molecule has 7 heteroatoms. The third-order valence-electron chi connectivity index (χ3n) is 3.45. The first-order valence-electron chi connectivity index (χ1n) is 7.11. The van der Waals surface area contributed by atoms with Crippen molar-refractivity contribution < 1.29 is 19.4 Å². The molecule has 1 aliphatic rings. The third kappa shape index (κ3) is 3.66. The quantitative estimate of drug-likeness (QED) is 0.882. The number of amides is 1. The number of pyridine rings is 1. The minimum atomic E-state index is -1.34. The highest BCUT2D eigenvalue weighted by molar-refractivity contribution is 5.86. The van der Waals surface area contributed by atoms with Gasteiger partial charge in [-0.3, -0.25) is 4.98 Å². The van der Waals surface area contributed by atoms with Gasteiger partial charge in [-0.2, -0.15) is 0 Å². The van der Waals surface area contributed by atoms with E-state index in [0.717, 1.165) is 5.69 Å². The van der Waals surface area contributed by atoms with Crippen LogP contribution >= 0.6 is 0 Å².